The number of rotatable bonds is 13. The number of benzene rings is 2. The van der Waals surface area contributed by atoms with Gasteiger partial charge in [0.25, 0.3) is 20.2 Å². The second-order valence-corrected chi connectivity index (χ2v) is 15.6. The van der Waals surface area contributed by atoms with Crippen LogP contribution in [0, 0.1) is 18.3 Å². The average molecular weight is 717 g/mol. The molecule has 1 saturated carbocycles. The van der Waals surface area contributed by atoms with E-state index in [1.807, 2.05) is 0 Å². The van der Waals surface area contributed by atoms with E-state index in [1.165, 1.54) is 24.3 Å². The number of anilines is 2. The summed E-state index contributed by atoms with van der Waals surface area (Å²) in [5, 5.41) is 33.3. The fourth-order valence-electron chi connectivity index (χ4n) is 4.78. The number of azo groups is 2. The topological polar surface area (TPSA) is 253 Å². The predicted octanol–water partition coefficient (Wildman–Crippen LogP) is 6.30. The molecule has 0 amide bonds. The molecular weight excluding hydrogens is 685 g/mol. The monoisotopic (exact) mass is 716 g/mol. The fourth-order valence-corrected chi connectivity index (χ4v) is 6.45. The number of hydrogen-bond donors (Lipinski definition) is 4. The van der Waals surface area contributed by atoms with Crippen LogP contribution in [0.2, 0.25) is 0 Å². The van der Waals surface area contributed by atoms with Gasteiger partial charge in [0.2, 0.25) is 0 Å². The zero-order chi connectivity index (χ0) is 35.1. The van der Waals surface area contributed by atoms with Gasteiger partial charge in [-0.25, -0.2) is 13.4 Å². The van der Waals surface area contributed by atoms with Crippen molar-refractivity contribution in [3.8, 4) is 6.07 Å². The van der Waals surface area contributed by atoms with Crippen LogP contribution in [-0.2, 0) is 30.1 Å². The van der Waals surface area contributed by atoms with Crippen LogP contribution in [0.4, 0.5) is 34.4 Å². The Morgan fingerprint density at radius 1 is 0.917 bits per heavy atom. The second kappa shape index (κ2) is 15.1. The van der Waals surface area contributed by atoms with E-state index in [0.717, 1.165) is 55.7 Å². The first-order valence-corrected chi connectivity index (χ1v) is 19.0. The van der Waals surface area contributed by atoms with Crippen molar-refractivity contribution in [3.63, 3.8) is 0 Å². The summed E-state index contributed by atoms with van der Waals surface area (Å²) in [5.74, 6) is 0.103. The molecule has 0 atom stereocenters. The van der Waals surface area contributed by atoms with Gasteiger partial charge in [-0.15, -0.1) is 10.2 Å². The summed E-state index contributed by atoms with van der Waals surface area (Å²) in [7, 11) is -12.8. The quantitative estimate of drug-likeness (QED) is 0.112. The molecule has 4 N–H and O–H groups in total. The number of hydrogen-bond acceptors (Lipinski definition) is 14. The SMILES string of the molecule is C=CS(=O)(=O)CCNc1nc(NC2CCCCC2)c(N=Nc2ccc(N=Nc3ccc(S(=O)(=O)O)cc3)cc2S(=O)(=O)O)c(C)c1C#N. The highest BCUT2D eigenvalue weighted by Crippen LogP contribution is 2.38. The Morgan fingerprint density at radius 2 is 1.56 bits per heavy atom. The van der Waals surface area contributed by atoms with Gasteiger partial charge in [0.15, 0.2) is 15.7 Å². The molecule has 0 bridgehead atoms. The lowest BCUT2D eigenvalue weighted by Crippen LogP contribution is -2.23. The van der Waals surface area contributed by atoms with Crippen LogP contribution in [0.15, 0.2) is 84.7 Å². The van der Waals surface area contributed by atoms with E-state index in [9.17, 15) is 35.1 Å². The van der Waals surface area contributed by atoms with Gasteiger partial charge in [-0.2, -0.15) is 32.3 Å². The van der Waals surface area contributed by atoms with E-state index >= 15 is 0 Å². The molecule has 48 heavy (non-hydrogen) atoms. The highest BCUT2D eigenvalue weighted by molar-refractivity contribution is 7.94. The van der Waals surface area contributed by atoms with Crippen LogP contribution in [0.25, 0.3) is 0 Å². The summed E-state index contributed by atoms with van der Waals surface area (Å²) in [6.07, 6.45) is 4.77. The van der Waals surface area contributed by atoms with Gasteiger partial charge in [0, 0.05) is 23.6 Å². The van der Waals surface area contributed by atoms with Crippen molar-refractivity contribution < 1.29 is 34.4 Å². The first kappa shape index (κ1) is 36.2. The van der Waals surface area contributed by atoms with Crippen LogP contribution >= 0.6 is 0 Å². The Morgan fingerprint density at radius 3 is 2.17 bits per heavy atom. The Hall–Kier alpha value is -4.61. The van der Waals surface area contributed by atoms with E-state index in [1.54, 1.807) is 6.92 Å². The van der Waals surface area contributed by atoms with Crippen molar-refractivity contribution in [3.05, 3.63) is 65.6 Å². The van der Waals surface area contributed by atoms with Crippen molar-refractivity contribution in [2.24, 2.45) is 20.5 Å². The minimum absolute atomic E-state index is 0.00130. The number of nitriles is 1. The molecule has 1 aliphatic rings. The molecule has 19 heteroatoms. The highest BCUT2D eigenvalue weighted by Gasteiger charge is 2.22. The summed E-state index contributed by atoms with van der Waals surface area (Å²) in [5.41, 5.74) is 0.479. The molecule has 254 valence electrons. The molecule has 1 aromatic heterocycles. The smallest absolute Gasteiger partial charge is 0.296 e. The third-order valence-corrected chi connectivity index (χ3v) is 10.3. The normalized spacial score (nSPS) is 14.6. The molecule has 0 spiro atoms. The second-order valence-electron chi connectivity index (χ2n) is 10.7. The number of nitrogens with one attached hydrogen (secondary N) is 2. The van der Waals surface area contributed by atoms with Gasteiger partial charge in [-0.1, -0.05) is 25.8 Å². The lowest BCUT2D eigenvalue weighted by molar-refractivity contribution is 0.462. The van der Waals surface area contributed by atoms with Gasteiger partial charge >= 0.3 is 0 Å². The number of pyridine rings is 1. The summed E-state index contributed by atoms with van der Waals surface area (Å²) in [6, 6.07) is 10.5. The minimum Gasteiger partial charge on any atom is -0.368 e. The molecule has 2 aromatic carbocycles. The maximum absolute atomic E-state index is 12.3. The number of nitrogens with zero attached hydrogens (tertiary/aromatic N) is 6. The van der Waals surface area contributed by atoms with Crippen LogP contribution in [0.1, 0.15) is 43.2 Å². The zero-order valence-electron chi connectivity index (χ0n) is 25.6. The third-order valence-electron chi connectivity index (χ3n) is 7.30. The van der Waals surface area contributed by atoms with Crippen LogP contribution in [0.3, 0.4) is 0 Å². The van der Waals surface area contributed by atoms with Crippen LogP contribution in [-0.4, -0.2) is 57.7 Å². The van der Waals surface area contributed by atoms with Crippen LogP contribution in [0.5, 0.6) is 0 Å². The van der Waals surface area contributed by atoms with Gasteiger partial charge in [-0.3, -0.25) is 9.11 Å². The first-order valence-electron chi connectivity index (χ1n) is 14.4. The molecule has 1 fully saturated rings. The molecule has 1 heterocycles. The molecule has 1 aliphatic carbocycles. The number of sulfone groups is 1. The molecular formula is C29H32N8O8S3. The molecule has 16 nitrogen and oxygen atoms in total. The lowest BCUT2D eigenvalue weighted by Gasteiger charge is -2.25. The Bertz CT molecular complexity index is 2120. The number of aromatic nitrogens is 1. The predicted molar refractivity (Wildman–Crippen MR) is 178 cm³/mol. The summed E-state index contributed by atoms with van der Waals surface area (Å²) in [6.45, 7) is 4.85. The maximum Gasteiger partial charge on any atom is 0.296 e. The molecule has 0 saturated heterocycles. The molecule has 0 unspecified atom stereocenters. The van der Waals surface area contributed by atoms with Gasteiger partial charge in [0.1, 0.15) is 28.2 Å². The Balaban J connectivity index is 1.71. The largest absolute Gasteiger partial charge is 0.368 e. The zero-order valence-corrected chi connectivity index (χ0v) is 28.1. The minimum atomic E-state index is -4.85. The van der Waals surface area contributed by atoms with Crippen LogP contribution < -0.4 is 10.6 Å². The fraction of sp³-hybridized carbons (Fsp3) is 0.310. The first-order chi connectivity index (χ1) is 22.6. The van der Waals surface area contributed by atoms with E-state index in [2.05, 4.69) is 48.7 Å². The van der Waals surface area contributed by atoms with Crippen molar-refractivity contribution >= 4 is 64.5 Å². The molecule has 0 aliphatic heterocycles. The molecule has 3 aromatic rings. The summed E-state index contributed by atoms with van der Waals surface area (Å²) >= 11 is 0. The van der Waals surface area contributed by atoms with Gasteiger partial charge in [-0.05, 0) is 62.2 Å². The van der Waals surface area contributed by atoms with E-state index < -0.39 is 35.0 Å². The van der Waals surface area contributed by atoms with E-state index in [0.29, 0.717) is 5.56 Å². The highest BCUT2D eigenvalue weighted by atomic mass is 32.2. The summed E-state index contributed by atoms with van der Waals surface area (Å²) < 4.78 is 90.0. The van der Waals surface area contributed by atoms with Crippen molar-refractivity contribution in [1.82, 2.24) is 4.98 Å². The average Bonchev–Trinajstić information content (AvgIpc) is 3.03. The van der Waals surface area contributed by atoms with E-state index in [4.69, 9.17) is 4.55 Å². The van der Waals surface area contributed by atoms with Crippen molar-refractivity contribution in [2.45, 2.75) is 54.9 Å². The summed E-state index contributed by atoms with van der Waals surface area (Å²) in [4.78, 5) is 3.56. The third kappa shape index (κ3) is 9.48. The molecule has 0 radical (unpaired) electrons. The Kier molecular flexibility index (Phi) is 11.4. The van der Waals surface area contributed by atoms with Gasteiger partial charge in [0.05, 0.1) is 27.6 Å². The lowest BCUT2D eigenvalue weighted by atomic mass is 9.95. The maximum atomic E-state index is 12.3. The van der Waals surface area contributed by atoms with Crippen molar-refractivity contribution in [2.75, 3.05) is 22.9 Å². The standard InChI is InChI=1S/C29H32N8O8S3/c1-3-46(38,39)16-15-31-28-24(18-30)19(2)27(29(33-28)32-20-7-5-4-6-8-20)37-36-25-14-11-22(17-26(25)48(43,44)45)35-34-21-9-12-23(13-10-21)47(40,41)42/h3,9-14,17,20H,1,4-8,15-16H2,2H3,(H2,31,32,33)(H,40,41,42)(H,43,44,45). The van der Waals surface area contributed by atoms with Crippen molar-refractivity contribution in [1.29, 1.82) is 5.26 Å². The van der Waals surface area contributed by atoms with E-state index in [-0.39, 0.29) is 63.2 Å². The van der Waals surface area contributed by atoms with Gasteiger partial charge < -0.3 is 10.6 Å². The Labute approximate surface area is 278 Å². The molecule has 4 rings (SSSR count).